The van der Waals surface area contributed by atoms with Crippen molar-refractivity contribution < 1.29 is 41.7 Å². The Hall–Kier alpha value is -3.45. The summed E-state index contributed by atoms with van der Waals surface area (Å²) in [5.74, 6) is -3.73. The molecule has 1 aromatic carbocycles. The lowest BCUT2D eigenvalue weighted by Crippen LogP contribution is -2.54. The molecule has 0 spiro atoms. The average molecular weight is 527 g/mol. The van der Waals surface area contributed by atoms with Gasteiger partial charge in [-0.25, -0.2) is 8.78 Å². The van der Waals surface area contributed by atoms with E-state index in [0.29, 0.717) is 6.07 Å². The van der Waals surface area contributed by atoms with E-state index >= 15 is 0 Å². The molecule has 0 aliphatic carbocycles. The number of halogens is 4. The Morgan fingerprint density at radius 2 is 2.03 bits per heavy atom. The van der Waals surface area contributed by atoms with Crippen LogP contribution in [0.3, 0.4) is 0 Å². The maximum absolute atomic E-state index is 14.1. The minimum Gasteiger partial charge on any atom is -0.491 e. The van der Waals surface area contributed by atoms with E-state index in [1.54, 1.807) is 6.92 Å². The van der Waals surface area contributed by atoms with Crippen LogP contribution in [0.15, 0.2) is 23.0 Å². The van der Waals surface area contributed by atoms with Crippen LogP contribution >= 0.6 is 0 Å². The molecule has 0 fully saturated rings. The predicted molar refractivity (Wildman–Crippen MR) is 120 cm³/mol. The Balaban J connectivity index is 1.83. The van der Waals surface area contributed by atoms with Crippen molar-refractivity contribution in [2.24, 2.45) is 0 Å². The van der Waals surface area contributed by atoms with Gasteiger partial charge in [0, 0.05) is 37.7 Å². The topological polar surface area (TPSA) is 110 Å². The van der Waals surface area contributed by atoms with Gasteiger partial charge in [-0.05, 0) is 19.4 Å². The minimum atomic E-state index is -3.04. The van der Waals surface area contributed by atoms with Crippen molar-refractivity contribution in [3.63, 3.8) is 0 Å². The lowest BCUT2D eigenvalue weighted by atomic mass is 9.89. The lowest BCUT2D eigenvalue weighted by molar-refractivity contribution is -0.135. The van der Waals surface area contributed by atoms with Crippen molar-refractivity contribution in [3.05, 3.63) is 62.6 Å². The summed E-state index contributed by atoms with van der Waals surface area (Å²) in [6.45, 7) is -1.92. The zero-order chi connectivity index (χ0) is 27.1. The first kappa shape index (κ1) is 26.6. The number of nitrogens with one attached hydrogen (secondary N) is 1. The van der Waals surface area contributed by atoms with Gasteiger partial charge >= 0.3 is 6.61 Å². The summed E-state index contributed by atoms with van der Waals surface area (Å²) in [4.78, 5) is 41.3. The zero-order valence-electron chi connectivity index (χ0n) is 20.0. The second kappa shape index (κ2) is 10.1. The van der Waals surface area contributed by atoms with Crippen LogP contribution in [0.25, 0.3) is 0 Å². The Morgan fingerprint density at radius 3 is 2.65 bits per heavy atom. The minimum absolute atomic E-state index is 0.0138. The van der Waals surface area contributed by atoms with Crippen molar-refractivity contribution in [1.82, 2.24) is 14.8 Å². The third kappa shape index (κ3) is 4.57. The second-order valence-corrected chi connectivity index (χ2v) is 8.87. The molecule has 2 aromatic rings. The largest absolute Gasteiger partial charge is 0.491 e. The summed E-state index contributed by atoms with van der Waals surface area (Å²) >= 11 is 0. The molecular weight excluding hydrogens is 502 g/mol. The fourth-order valence-corrected chi connectivity index (χ4v) is 5.16. The van der Waals surface area contributed by atoms with Crippen LogP contribution in [-0.4, -0.2) is 59.8 Å². The molecule has 13 heteroatoms. The standard InChI is InChI=1S/C24H25F4N3O6/c1-3-30-11-24(6-7-37-23(27)28)9-15(32)17-16(19(33)20(36-2)18(22(30)35)31(17)24)21(34)29-10-12-4-5-13(25)8-14(12)26/h4-5,8,15,23,32H,3,6-7,9-11H2,1-2H3,(H,29,34). The molecule has 2 aliphatic heterocycles. The third-order valence-electron chi connectivity index (χ3n) is 6.79. The highest BCUT2D eigenvalue weighted by atomic mass is 19.3. The number of ether oxygens (including phenoxy) is 2. The number of aromatic nitrogens is 1. The van der Waals surface area contributed by atoms with Gasteiger partial charge in [0.25, 0.3) is 11.8 Å². The monoisotopic (exact) mass is 527 g/mol. The first-order valence-corrected chi connectivity index (χ1v) is 11.5. The van der Waals surface area contributed by atoms with E-state index in [-0.39, 0.29) is 42.9 Å². The van der Waals surface area contributed by atoms with Gasteiger partial charge in [0.2, 0.25) is 5.43 Å². The fraction of sp³-hybridized carbons (Fsp3) is 0.458. The number of benzene rings is 1. The number of aliphatic hydroxyl groups is 1. The van der Waals surface area contributed by atoms with Gasteiger partial charge < -0.3 is 29.4 Å². The van der Waals surface area contributed by atoms with Gasteiger partial charge in [0.05, 0.1) is 31.1 Å². The van der Waals surface area contributed by atoms with Crippen LogP contribution in [0.2, 0.25) is 0 Å². The smallest absolute Gasteiger partial charge is 0.345 e. The van der Waals surface area contributed by atoms with Crippen LogP contribution in [0.5, 0.6) is 5.75 Å². The number of aliphatic hydroxyl groups excluding tert-OH is 1. The molecule has 1 aromatic heterocycles. The SMILES string of the molecule is CCN1CC2(CCOC(F)F)CC(O)c3c(C(=O)NCc4ccc(F)cc4F)c(=O)c(OC)c(n32)C1=O. The molecule has 4 rings (SSSR count). The maximum Gasteiger partial charge on any atom is 0.345 e. The summed E-state index contributed by atoms with van der Waals surface area (Å²) in [6, 6.07) is 2.78. The highest BCUT2D eigenvalue weighted by molar-refractivity contribution is 6.00. The molecule has 0 saturated heterocycles. The molecule has 0 bridgehead atoms. The number of alkyl halides is 2. The summed E-state index contributed by atoms with van der Waals surface area (Å²) in [6.07, 6.45) is -1.56. The number of hydrogen-bond donors (Lipinski definition) is 2. The highest BCUT2D eigenvalue weighted by Crippen LogP contribution is 2.48. The van der Waals surface area contributed by atoms with Crippen molar-refractivity contribution >= 4 is 11.8 Å². The molecule has 2 amide bonds. The lowest BCUT2D eigenvalue weighted by Gasteiger charge is -2.43. The maximum atomic E-state index is 14.1. The van der Waals surface area contributed by atoms with Crippen molar-refractivity contribution in [2.75, 3.05) is 26.8 Å². The van der Waals surface area contributed by atoms with E-state index in [0.717, 1.165) is 19.2 Å². The van der Waals surface area contributed by atoms with Crippen molar-refractivity contribution in [1.29, 1.82) is 0 Å². The molecule has 2 aliphatic rings. The number of carbonyl (C=O) groups is 2. The molecular formula is C24H25F4N3O6. The molecule has 2 unspecified atom stereocenters. The Bertz CT molecular complexity index is 1300. The Morgan fingerprint density at radius 1 is 1.30 bits per heavy atom. The van der Waals surface area contributed by atoms with E-state index in [2.05, 4.69) is 10.1 Å². The number of pyridine rings is 1. The molecule has 2 N–H and O–H groups in total. The van der Waals surface area contributed by atoms with E-state index in [1.807, 2.05) is 0 Å². The summed E-state index contributed by atoms with van der Waals surface area (Å²) in [5.41, 5.74) is -3.08. The van der Waals surface area contributed by atoms with E-state index < -0.39 is 71.6 Å². The zero-order valence-corrected chi connectivity index (χ0v) is 20.0. The van der Waals surface area contributed by atoms with Crippen molar-refractivity contribution in [2.45, 2.75) is 44.6 Å². The predicted octanol–water partition coefficient (Wildman–Crippen LogP) is 2.30. The molecule has 2 atom stereocenters. The summed E-state index contributed by atoms with van der Waals surface area (Å²) in [7, 11) is 1.14. The molecule has 0 saturated carbocycles. The number of hydrogen-bond acceptors (Lipinski definition) is 6. The number of methoxy groups -OCH3 is 1. The van der Waals surface area contributed by atoms with Crippen LogP contribution in [-0.2, 0) is 16.8 Å². The molecule has 37 heavy (non-hydrogen) atoms. The van der Waals surface area contributed by atoms with E-state index in [4.69, 9.17) is 4.74 Å². The quantitative estimate of drug-likeness (QED) is 0.485. The normalized spacial score (nSPS) is 20.4. The number of amides is 2. The van der Waals surface area contributed by atoms with Crippen LogP contribution in [0.1, 0.15) is 58.0 Å². The van der Waals surface area contributed by atoms with Gasteiger partial charge in [0.15, 0.2) is 11.4 Å². The van der Waals surface area contributed by atoms with Gasteiger partial charge in [-0.3, -0.25) is 14.4 Å². The molecule has 9 nitrogen and oxygen atoms in total. The summed E-state index contributed by atoms with van der Waals surface area (Å²) < 4.78 is 63.7. The Kier molecular flexibility index (Phi) is 7.29. The average Bonchev–Trinajstić information content (AvgIpc) is 3.12. The van der Waals surface area contributed by atoms with Crippen LogP contribution < -0.4 is 15.5 Å². The Labute approximate surface area is 208 Å². The van der Waals surface area contributed by atoms with Gasteiger partial charge in [-0.1, -0.05) is 6.07 Å². The summed E-state index contributed by atoms with van der Waals surface area (Å²) in [5, 5.41) is 13.4. The number of carbonyl (C=O) groups excluding carboxylic acids is 2. The molecule has 3 heterocycles. The van der Waals surface area contributed by atoms with E-state index in [1.165, 1.54) is 9.47 Å². The van der Waals surface area contributed by atoms with Crippen LogP contribution in [0, 0.1) is 11.6 Å². The highest BCUT2D eigenvalue weighted by Gasteiger charge is 2.53. The third-order valence-corrected chi connectivity index (χ3v) is 6.79. The van der Waals surface area contributed by atoms with Gasteiger partial charge in [-0.15, -0.1) is 0 Å². The van der Waals surface area contributed by atoms with Crippen LogP contribution in [0.4, 0.5) is 17.6 Å². The van der Waals surface area contributed by atoms with Gasteiger partial charge in [-0.2, -0.15) is 8.78 Å². The second-order valence-electron chi connectivity index (χ2n) is 8.87. The number of likely N-dealkylation sites (N-methyl/N-ethyl adjacent to an activating group) is 1. The molecule has 200 valence electrons. The number of nitrogens with zero attached hydrogens (tertiary/aromatic N) is 2. The van der Waals surface area contributed by atoms with Crippen molar-refractivity contribution in [3.8, 4) is 5.75 Å². The first-order valence-electron chi connectivity index (χ1n) is 11.5. The number of rotatable bonds is 9. The molecule has 0 radical (unpaired) electrons. The van der Waals surface area contributed by atoms with E-state index in [9.17, 15) is 37.1 Å². The first-order chi connectivity index (χ1) is 17.5. The fourth-order valence-electron chi connectivity index (χ4n) is 5.16. The van der Waals surface area contributed by atoms with Gasteiger partial charge in [0.1, 0.15) is 17.2 Å².